The number of rotatable bonds is 6. The molecule has 3 aromatic rings. The van der Waals surface area contributed by atoms with Crippen LogP contribution in [0.15, 0.2) is 60.7 Å². The van der Waals surface area contributed by atoms with E-state index in [1.165, 1.54) is 5.39 Å². The Bertz CT molecular complexity index is 955. The molecule has 1 amide bonds. The number of ether oxygens (including phenoxy) is 2. The molecule has 1 N–H and O–H groups in total. The van der Waals surface area contributed by atoms with Crippen LogP contribution in [-0.4, -0.2) is 33.2 Å². The molecule has 3 rings (SSSR count). The summed E-state index contributed by atoms with van der Waals surface area (Å²) in [6.07, 6.45) is 0. The SMILES string of the molecule is COc1ccc(OC)c(NC(=O)C(C)N(C)c2ccc3ccccc3c2)c1. The van der Waals surface area contributed by atoms with Crippen LogP contribution in [0.5, 0.6) is 11.5 Å². The van der Waals surface area contributed by atoms with E-state index in [1.807, 2.05) is 37.1 Å². The van der Waals surface area contributed by atoms with Crippen LogP contribution < -0.4 is 19.7 Å². The lowest BCUT2D eigenvalue weighted by molar-refractivity contribution is -0.117. The normalized spacial score (nSPS) is 11.7. The number of carbonyl (C=O) groups is 1. The van der Waals surface area contributed by atoms with Crippen LogP contribution in [0.25, 0.3) is 10.8 Å². The van der Waals surface area contributed by atoms with Crippen LogP contribution in [0, 0.1) is 0 Å². The minimum atomic E-state index is -0.373. The van der Waals surface area contributed by atoms with Gasteiger partial charge in [0, 0.05) is 18.8 Å². The fourth-order valence-corrected chi connectivity index (χ4v) is 2.94. The molecule has 0 aromatic heterocycles. The predicted octanol–water partition coefficient (Wildman–Crippen LogP) is 4.32. The fraction of sp³-hybridized carbons (Fsp3) is 0.227. The minimum Gasteiger partial charge on any atom is -0.497 e. The van der Waals surface area contributed by atoms with Crippen molar-refractivity contribution >= 4 is 28.1 Å². The number of amides is 1. The largest absolute Gasteiger partial charge is 0.497 e. The summed E-state index contributed by atoms with van der Waals surface area (Å²) in [6, 6.07) is 19.3. The molecular weight excluding hydrogens is 340 g/mol. The third-order valence-corrected chi connectivity index (χ3v) is 4.77. The molecular formula is C22H24N2O3. The molecule has 0 saturated carbocycles. The number of nitrogens with zero attached hydrogens (tertiary/aromatic N) is 1. The lowest BCUT2D eigenvalue weighted by Crippen LogP contribution is -2.39. The first-order chi connectivity index (χ1) is 13.0. The topological polar surface area (TPSA) is 50.8 Å². The Hall–Kier alpha value is -3.21. The maximum atomic E-state index is 12.8. The first kappa shape index (κ1) is 18.6. The average Bonchev–Trinajstić information content (AvgIpc) is 2.72. The van der Waals surface area contributed by atoms with Gasteiger partial charge in [-0.2, -0.15) is 0 Å². The number of methoxy groups -OCH3 is 2. The summed E-state index contributed by atoms with van der Waals surface area (Å²) < 4.78 is 10.6. The fourth-order valence-electron chi connectivity index (χ4n) is 2.94. The maximum Gasteiger partial charge on any atom is 0.246 e. The molecule has 0 bridgehead atoms. The van der Waals surface area contributed by atoms with E-state index in [2.05, 4.69) is 29.6 Å². The monoisotopic (exact) mass is 364 g/mol. The third-order valence-electron chi connectivity index (χ3n) is 4.77. The Balaban J connectivity index is 1.79. The number of nitrogens with one attached hydrogen (secondary N) is 1. The zero-order valence-electron chi connectivity index (χ0n) is 16.0. The predicted molar refractivity (Wildman–Crippen MR) is 110 cm³/mol. The van der Waals surface area contributed by atoms with Crippen LogP contribution in [0.3, 0.4) is 0 Å². The van der Waals surface area contributed by atoms with Gasteiger partial charge in [-0.3, -0.25) is 4.79 Å². The van der Waals surface area contributed by atoms with Crippen molar-refractivity contribution in [1.82, 2.24) is 0 Å². The van der Waals surface area contributed by atoms with E-state index < -0.39 is 0 Å². The molecule has 0 aliphatic rings. The number of fused-ring (bicyclic) bond motifs is 1. The summed E-state index contributed by atoms with van der Waals surface area (Å²) in [6.45, 7) is 1.87. The lowest BCUT2D eigenvalue weighted by atomic mass is 10.1. The molecule has 0 aliphatic carbocycles. The summed E-state index contributed by atoms with van der Waals surface area (Å²) in [7, 11) is 5.07. The zero-order chi connectivity index (χ0) is 19.4. The molecule has 0 aliphatic heterocycles. The Labute approximate surface area is 159 Å². The van der Waals surface area contributed by atoms with Crippen LogP contribution >= 0.6 is 0 Å². The van der Waals surface area contributed by atoms with Gasteiger partial charge in [0.15, 0.2) is 0 Å². The summed E-state index contributed by atoms with van der Waals surface area (Å²) in [4.78, 5) is 14.8. The molecule has 1 unspecified atom stereocenters. The van der Waals surface area contributed by atoms with E-state index in [4.69, 9.17) is 9.47 Å². The Morgan fingerprint density at radius 1 is 0.963 bits per heavy atom. The molecule has 27 heavy (non-hydrogen) atoms. The van der Waals surface area contributed by atoms with E-state index in [9.17, 15) is 4.79 Å². The highest BCUT2D eigenvalue weighted by Crippen LogP contribution is 2.29. The molecule has 0 saturated heterocycles. The second-order valence-electron chi connectivity index (χ2n) is 6.37. The van der Waals surface area contributed by atoms with Crippen LogP contribution in [0.2, 0.25) is 0 Å². The molecule has 0 radical (unpaired) electrons. The van der Waals surface area contributed by atoms with Crippen LogP contribution in [0.1, 0.15) is 6.92 Å². The van der Waals surface area contributed by atoms with E-state index in [1.54, 1.807) is 32.4 Å². The van der Waals surface area contributed by atoms with Gasteiger partial charge in [0.1, 0.15) is 17.5 Å². The Kier molecular flexibility index (Phi) is 5.50. The summed E-state index contributed by atoms with van der Waals surface area (Å²) in [5, 5.41) is 5.25. The summed E-state index contributed by atoms with van der Waals surface area (Å²) in [5.74, 6) is 1.11. The molecule has 3 aromatic carbocycles. The van der Waals surface area contributed by atoms with E-state index in [0.717, 1.165) is 11.1 Å². The second-order valence-corrected chi connectivity index (χ2v) is 6.37. The van der Waals surface area contributed by atoms with Crippen LogP contribution in [-0.2, 0) is 4.79 Å². The van der Waals surface area contributed by atoms with E-state index in [0.29, 0.717) is 17.2 Å². The van der Waals surface area contributed by atoms with Gasteiger partial charge >= 0.3 is 0 Å². The van der Waals surface area contributed by atoms with Gasteiger partial charge < -0.3 is 19.7 Å². The minimum absolute atomic E-state index is 0.128. The lowest BCUT2D eigenvalue weighted by Gasteiger charge is -2.26. The second kappa shape index (κ2) is 7.99. The van der Waals surface area contributed by atoms with Crippen LogP contribution in [0.4, 0.5) is 11.4 Å². The van der Waals surface area contributed by atoms with Crippen molar-refractivity contribution in [3.05, 3.63) is 60.7 Å². The smallest absolute Gasteiger partial charge is 0.246 e. The van der Waals surface area contributed by atoms with Gasteiger partial charge in [0.2, 0.25) is 5.91 Å². The number of anilines is 2. The molecule has 1 atom stereocenters. The maximum absolute atomic E-state index is 12.8. The molecule has 5 heteroatoms. The van der Waals surface area contributed by atoms with Gasteiger partial charge in [-0.15, -0.1) is 0 Å². The number of carbonyl (C=O) groups excluding carboxylic acids is 1. The first-order valence-corrected chi connectivity index (χ1v) is 8.78. The van der Waals surface area contributed by atoms with E-state index in [-0.39, 0.29) is 11.9 Å². The Morgan fingerprint density at radius 3 is 2.41 bits per heavy atom. The van der Waals surface area contributed by atoms with Crippen molar-refractivity contribution in [1.29, 1.82) is 0 Å². The van der Waals surface area contributed by atoms with Crippen molar-refractivity contribution in [2.75, 3.05) is 31.5 Å². The summed E-state index contributed by atoms with van der Waals surface area (Å²) in [5.41, 5.74) is 1.56. The highest BCUT2D eigenvalue weighted by molar-refractivity contribution is 5.98. The Morgan fingerprint density at radius 2 is 1.70 bits per heavy atom. The standard InChI is InChI=1S/C22H24N2O3/c1-15(22(25)23-20-14-19(26-3)11-12-21(20)27-4)24(2)18-10-9-16-7-5-6-8-17(16)13-18/h5-15H,1-4H3,(H,23,25). The number of hydrogen-bond acceptors (Lipinski definition) is 4. The van der Waals surface area contributed by atoms with Crippen molar-refractivity contribution in [2.24, 2.45) is 0 Å². The number of likely N-dealkylation sites (N-methyl/N-ethyl adjacent to an activating group) is 1. The van der Waals surface area contributed by atoms with Gasteiger partial charge in [-0.25, -0.2) is 0 Å². The molecule has 5 nitrogen and oxygen atoms in total. The zero-order valence-corrected chi connectivity index (χ0v) is 16.0. The van der Waals surface area contributed by atoms with Gasteiger partial charge in [-0.05, 0) is 42.0 Å². The average molecular weight is 364 g/mol. The van der Waals surface area contributed by atoms with Crippen molar-refractivity contribution in [2.45, 2.75) is 13.0 Å². The van der Waals surface area contributed by atoms with Gasteiger partial charge in [-0.1, -0.05) is 30.3 Å². The molecule has 140 valence electrons. The third kappa shape index (κ3) is 3.97. The van der Waals surface area contributed by atoms with Gasteiger partial charge in [0.25, 0.3) is 0 Å². The summed E-state index contributed by atoms with van der Waals surface area (Å²) >= 11 is 0. The number of benzene rings is 3. The number of hydrogen-bond donors (Lipinski definition) is 1. The molecule has 0 heterocycles. The molecule has 0 spiro atoms. The quantitative estimate of drug-likeness (QED) is 0.708. The first-order valence-electron chi connectivity index (χ1n) is 8.78. The highest BCUT2D eigenvalue weighted by Gasteiger charge is 2.20. The van der Waals surface area contributed by atoms with Crippen molar-refractivity contribution in [3.8, 4) is 11.5 Å². The van der Waals surface area contributed by atoms with E-state index >= 15 is 0 Å². The van der Waals surface area contributed by atoms with Gasteiger partial charge in [0.05, 0.1) is 19.9 Å². The van der Waals surface area contributed by atoms with Crippen molar-refractivity contribution < 1.29 is 14.3 Å². The highest BCUT2D eigenvalue weighted by atomic mass is 16.5. The molecule has 0 fully saturated rings. The van der Waals surface area contributed by atoms with Crippen molar-refractivity contribution in [3.63, 3.8) is 0 Å².